The second kappa shape index (κ2) is 7.07. The van der Waals surface area contributed by atoms with Crippen molar-refractivity contribution in [1.29, 1.82) is 0 Å². The zero-order valence-corrected chi connectivity index (χ0v) is 15.7. The van der Waals surface area contributed by atoms with Gasteiger partial charge in [-0.1, -0.05) is 0 Å². The number of carbonyl (C=O) groups is 2. The fraction of sp³-hybridized carbons (Fsp3) is 0.353. The van der Waals surface area contributed by atoms with E-state index >= 15 is 0 Å². The van der Waals surface area contributed by atoms with E-state index in [1.54, 1.807) is 22.8 Å². The minimum Gasteiger partial charge on any atom is -0.491 e. The highest BCUT2D eigenvalue weighted by Crippen LogP contribution is 2.38. The molecule has 1 aromatic carbocycles. The van der Waals surface area contributed by atoms with Crippen LogP contribution in [0.15, 0.2) is 24.4 Å². The van der Waals surface area contributed by atoms with Gasteiger partial charge >= 0.3 is 11.5 Å². The standard InChI is InChI=1S/C17H16ClF2N5O4/c18-17(19,20)12-8-29-16(27)25(12)14-7-24-3-4-28-11-5-9(22-6-13(21)26)1-2-10(11)15(24)23-14/h1-2,5,7,12,22H,3-4,6,8H2,(H2,21,26). The highest BCUT2D eigenvalue weighted by Gasteiger charge is 2.50. The number of imidazole rings is 1. The van der Waals surface area contributed by atoms with Crippen molar-refractivity contribution >= 4 is 35.1 Å². The number of amides is 2. The van der Waals surface area contributed by atoms with Crippen LogP contribution < -0.4 is 20.7 Å². The molecule has 1 unspecified atom stereocenters. The maximum atomic E-state index is 13.7. The van der Waals surface area contributed by atoms with Gasteiger partial charge < -0.3 is 25.1 Å². The van der Waals surface area contributed by atoms with Gasteiger partial charge in [-0.25, -0.2) is 14.7 Å². The first-order valence-corrected chi connectivity index (χ1v) is 9.01. The van der Waals surface area contributed by atoms with Crippen molar-refractivity contribution in [2.75, 3.05) is 30.0 Å². The maximum Gasteiger partial charge on any atom is 0.416 e. The van der Waals surface area contributed by atoms with Crippen LogP contribution >= 0.6 is 11.6 Å². The lowest BCUT2D eigenvalue weighted by molar-refractivity contribution is -0.116. The minimum absolute atomic E-state index is 0.0107. The summed E-state index contributed by atoms with van der Waals surface area (Å²) in [5.41, 5.74) is 6.35. The molecular weight excluding hydrogens is 412 g/mol. The van der Waals surface area contributed by atoms with Crippen LogP contribution in [0.1, 0.15) is 0 Å². The average Bonchev–Trinajstić information content (AvgIpc) is 3.19. The van der Waals surface area contributed by atoms with Crippen LogP contribution in [-0.2, 0) is 16.1 Å². The van der Waals surface area contributed by atoms with Gasteiger partial charge in [-0.3, -0.25) is 4.79 Å². The van der Waals surface area contributed by atoms with E-state index in [-0.39, 0.29) is 19.0 Å². The number of benzene rings is 1. The van der Waals surface area contributed by atoms with E-state index in [1.165, 1.54) is 6.20 Å². The molecular formula is C17H16ClF2N5O4. The number of halogens is 3. The summed E-state index contributed by atoms with van der Waals surface area (Å²) >= 11 is 5.15. The van der Waals surface area contributed by atoms with Crippen molar-refractivity contribution < 1.29 is 27.8 Å². The topological polar surface area (TPSA) is 112 Å². The Balaban J connectivity index is 1.69. The van der Waals surface area contributed by atoms with Gasteiger partial charge in [0.1, 0.15) is 24.8 Å². The zero-order valence-electron chi connectivity index (χ0n) is 14.9. The number of aromatic nitrogens is 2. The lowest BCUT2D eigenvalue weighted by Gasteiger charge is -2.22. The second-order valence-corrected chi connectivity index (χ2v) is 7.00. The lowest BCUT2D eigenvalue weighted by Crippen LogP contribution is -2.44. The summed E-state index contributed by atoms with van der Waals surface area (Å²) in [5.74, 6) is 0.421. The molecule has 1 aromatic heterocycles. The predicted molar refractivity (Wildman–Crippen MR) is 99.3 cm³/mol. The van der Waals surface area contributed by atoms with Crippen molar-refractivity contribution in [3.8, 4) is 17.1 Å². The van der Waals surface area contributed by atoms with E-state index in [0.717, 1.165) is 4.90 Å². The van der Waals surface area contributed by atoms with Gasteiger partial charge in [-0.05, 0) is 23.7 Å². The normalized spacial score (nSPS) is 18.4. The third-order valence-corrected chi connectivity index (χ3v) is 4.79. The minimum atomic E-state index is -3.67. The Morgan fingerprint density at radius 2 is 2.21 bits per heavy atom. The molecule has 0 bridgehead atoms. The summed E-state index contributed by atoms with van der Waals surface area (Å²) in [6.07, 6.45) is 0.543. The Labute approximate surface area is 168 Å². The molecule has 0 radical (unpaired) electrons. The number of nitrogens with zero attached hydrogens (tertiary/aromatic N) is 3. The van der Waals surface area contributed by atoms with E-state index in [0.29, 0.717) is 29.4 Å². The fourth-order valence-electron chi connectivity index (χ4n) is 3.20. The molecule has 12 heteroatoms. The number of cyclic esters (lactones) is 1. The third kappa shape index (κ3) is 3.65. The molecule has 0 spiro atoms. The van der Waals surface area contributed by atoms with Gasteiger partial charge in [-0.15, -0.1) is 0 Å². The molecule has 4 rings (SSSR count). The number of nitrogens with two attached hydrogens (primary N) is 1. The van der Waals surface area contributed by atoms with Crippen molar-refractivity contribution in [2.24, 2.45) is 5.73 Å². The maximum absolute atomic E-state index is 13.7. The number of ether oxygens (including phenoxy) is 2. The van der Waals surface area contributed by atoms with E-state index in [1.807, 2.05) is 0 Å². The first-order valence-electron chi connectivity index (χ1n) is 8.63. The van der Waals surface area contributed by atoms with Crippen LogP contribution in [-0.4, -0.2) is 52.7 Å². The average molecular weight is 428 g/mol. The third-order valence-electron chi connectivity index (χ3n) is 4.54. The van der Waals surface area contributed by atoms with Crippen molar-refractivity contribution in [3.05, 3.63) is 24.4 Å². The first-order chi connectivity index (χ1) is 13.7. The van der Waals surface area contributed by atoms with Crippen molar-refractivity contribution in [2.45, 2.75) is 18.0 Å². The number of fused-ring (bicyclic) bond motifs is 3. The van der Waals surface area contributed by atoms with E-state index in [9.17, 15) is 18.4 Å². The number of hydrogen-bond acceptors (Lipinski definition) is 6. The number of rotatable bonds is 5. The number of primary amides is 1. The summed E-state index contributed by atoms with van der Waals surface area (Å²) in [4.78, 5) is 28.1. The van der Waals surface area contributed by atoms with Crippen LogP contribution in [0.5, 0.6) is 5.75 Å². The van der Waals surface area contributed by atoms with Crippen LogP contribution in [0.3, 0.4) is 0 Å². The predicted octanol–water partition coefficient (Wildman–Crippen LogP) is 2.00. The smallest absolute Gasteiger partial charge is 0.416 e. The van der Waals surface area contributed by atoms with Gasteiger partial charge in [0.05, 0.1) is 18.7 Å². The molecule has 2 aliphatic rings. The molecule has 1 saturated heterocycles. The molecule has 29 heavy (non-hydrogen) atoms. The van der Waals surface area contributed by atoms with E-state index in [4.69, 9.17) is 26.8 Å². The van der Waals surface area contributed by atoms with Gasteiger partial charge in [0, 0.05) is 18.0 Å². The number of alkyl halides is 3. The Morgan fingerprint density at radius 3 is 2.93 bits per heavy atom. The summed E-state index contributed by atoms with van der Waals surface area (Å²) in [6, 6.07) is 3.44. The monoisotopic (exact) mass is 427 g/mol. The Bertz CT molecular complexity index is 977. The van der Waals surface area contributed by atoms with Crippen molar-refractivity contribution in [1.82, 2.24) is 9.55 Å². The van der Waals surface area contributed by atoms with Crippen LogP contribution in [0.2, 0.25) is 0 Å². The molecule has 0 saturated carbocycles. The molecule has 1 atom stereocenters. The highest BCUT2D eigenvalue weighted by atomic mass is 35.5. The Hall–Kier alpha value is -3.08. The highest BCUT2D eigenvalue weighted by molar-refractivity contribution is 6.22. The van der Waals surface area contributed by atoms with Gasteiger partial charge in [0.15, 0.2) is 11.9 Å². The van der Waals surface area contributed by atoms with Crippen molar-refractivity contribution in [3.63, 3.8) is 0 Å². The molecule has 154 valence electrons. The van der Waals surface area contributed by atoms with Crippen LogP contribution in [0.4, 0.5) is 25.1 Å². The molecule has 2 amide bonds. The van der Waals surface area contributed by atoms with Crippen LogP contribution in [0, 0.1) is 0 Å². The fourth-order valence-corrected chi connectivity index (χ4v) is 3.36. The summed E-state index contributed by atoms with van der Waals surface area (Å²) in [6.45, 7) is 0.0925. The van der Waals surface area contributed by atoms with E-state index in [2.05, 4.69) is 10.3 Å². The summed E-state index contributed by atoms with van der Waals surface area (Å²) < 4.78 is 39.6. The molecule has 3 heterocycles. The number of anilines is 2. The van der Waals surface area contributed by atoms with Crippen LogP contribution in [0.25, 0.3) is 11.4 Å². The van der Waals surface area contributed by atoms with E-state index < -0.39 is 30.0 Å². The summed E-state index contributed by atoms with van der Waals surface area (Å²) in [5, 5.41) is -0.804. The molecule has 3 N–H and O–H groups in total. The number of carbonyl (C=O) groups excluding carboxylic acids is 2. The number of nitrogens with one attached hydrogen (secondary N) is 1. The first kappa shape index (κ1) is 19.2. The van der Waals surface area contributed by atoms with Gasteiger partial charge in [0.2, 0.25) is 5.91 Å². The van der Waals surface area contributed by atoms with Gasteiger partial charge in [0.25, 0.3) is 0 Å². The Kier molecular flexibility index (Phi) is 4.69. The summed E-state index contributed by atoms with van der Waals surface area (Å²) in [7, 11) is 0. The zero-order chi connectivity index (χ0) is 20.8. The lowest BCUT2D eigenvalue weighted by atomic mass is 10.1. The van der Waals surface area contributed by atoms with Gasteiger partial charge in [-0.2, -0.15) is 8.78 Å². The number of hydrogen-bond donors (Lipinski definition) is 2. The quantitative estimate of drug-likeness (QED) is 0.706. The largest absolute Gasteiger partial charge is 0.491 e. The molecule has 2 aliphatic heterocycles. The molecule has 9 nitrogen and oxygen atoms in total. The second-order valence-electron chi connectivity index (χ2n) is 6.50. The Morgan fingerprint density at radius 1 is 1.41 bits per heavy atom. The SMILES string of the molecule is NC(=O)CNc1ccc2c(c1)OCCn1cc(N3C(=O)OCC3C(F)(F)Cl)nc1-2. The molecule has 2 aromatic rings. The molecule has 0 aliphatic carbocycles. The molecule has 1 fully saturated rings.